The second kappa shape index (κ2) is 16.0. The van der Waals surface area contributed by atoms with Crippen molar-refractivity contribution < 1.29 is 18.9 Å². The Balaban J connectivity index is 0.000000182. The summed E-state index contributed by atoms with van der Waals surface area (Å²) in [4.78, 5) is 0. The van der Waals surface area contributed by atoms with Crippen molar-refractivity contribution in [1.29, 1.82) is 0 Å². The summed E-state index contributed by atoms with van der Waals surface area (Å²) in [5.74, 6) is 5.06. The fourth-order valence-corrected chi connectivity index (χ4v) is 4.54. The first-order chi connectivity index (χ1) is 22.4. The summed E-state index contributed by atoms with van der Waals surface area (Å²) < 4.78 is 23.2. The minimum absolute atomic E-state index is 0.572. The summed E-state index contributed by atoms with van der Waals surface area (Å²) in [6.45, 7) is 9.39. The lowest BCUT2D eigenvalue weighted by molar-refractivity contribution is 0.302. The average Bonchev–Trinajstić information content (AvgIpc) is 3.07. The van der Waals surface area contributed by atoms with Gasteiger partial charge in [0, 0.05) is 0 Å². The lowest BCUT2D eigenvalue weighted by Crippen LogP contribution is -1.98. The lowest BCUT2D eigenvalue weighted by Gasteiger charge is -2.09. The molecular formula is C42H40O4. The van der Waals surface area contributed by atoms with E-state index >= 15 is 0 Å². The zero-order valence-electron chi connectivity index (χ0n) is 26.9. The van der Waals surface area contributed by atoms with Gasteiger partial charge in [-0.25, -0.2) is 0 Å². The maximum Gasteiger partial charge on any atom is 0.127 e. The molecule has 6 aromatic carbocycles. The van der Waals surface area contributed by atoms with Crippen LogP contribution in [-0.4, -0.2) is 0 Å². The van der Waals surface area contributed by atoms with Crippen LogP contribution in [0.15, 0.2) is 146 Å². The fraction of sp³-hybridized carbons (Fsp3) is 0.143. The van der Waals surface area contributed by atoms with Crippen LogP contribution in [0.4, 0.5) is 0 Å². The quantitative estimate of drug-likeness (QED) is 0.155. The minimum atomic E-state index is 0.572. The molecule has 6 rings (SSSR count). The van der Waals surface area contributed by atoms with Gasteiger partial charge in [0.15, 0.2) is 0 Å². The number of ether oxygens (including phenoxy) is 4. The molecule has 0 aromatic heterocycles. The molecule has 0 aliphatic rings. The van der Waals surface area contributed by atoms with Crippen LogP contribution >= 0.6 is 0 Å². The normalized spacial score (nSPS) is 10.3. The third kappa shape index (κ3) is 10.3. The first kappa shape index (κ1) is 31.9. The maximum absolute atomic E-state index is 5.82. The Morgan fingerprint density at radius 3 is 0.978 bits per heavy atom. The van der Waals surface area contributed by atoms with Crippen molar-refractivity contribution in [2.45, 2.75) is 40.9 Å². The fourth-order valence-electron chi connectivity index (χ4n) is 4.54. The zero-order valence-corrected chi connectivity index (χ0v) is 26.9. The highest BCUT2D eigenvalue weighted by molar-refractivity contribution is 5.39. The number of benzene rings is 6. The van der Waals surface area contributed by atoms with Gasteiger partial charge in [0.2, 0.25) is 0 Å². The molecule has 0 heterocycles. The SMILES string of the molecule is Cc1ccc(Oc2ccc(Oc3ccc(C)cc3)cc2)cc1.Cc1cccc(OCc2ccc(COc3cccc(C)c3)cc2)c1. The van der Waals surface area contributed by atoms with Gasteiger partial charge in [-0.15, -0.1) is 0 Å². The van der Waals surface area contributed by atoms with Crippen molar-refractivity contribution in [1.82, 2.24) is 0 Å². The first-order valence-corrected chi connectivity index (χ1v) is 15.4. The lowest BCUT2D eigenvalue weighted by atomic mass is 10.1. The van der Waals surface area contributed by atoms with Gasteiger partial charge in [0.1, 0.15) is 47.7 Å². The van der Waals surface area contributed by atoms with Crippen LogP contribution in [0.3, 0.4) is 0 Å². The summed E-state index contributed by atoms with van der Waals surface area (Å²) >= 11 is 0. The van der Waals surface area contributed by atoms with E-state index < -0.39 is 0 Å². The largest absolute Gasteiger partial charge is 0.489 e. The third-order valence-electron chi connectivity index (χ3n) is 7.15. The van der Waals surface area contributed by atoms with Crippen molar-refractivity contribution in [3.8, 4) is 34.5 Å². The van der Waals surface area contributed by atoms with Gasteiger partial charge in [0.05, 0.1) is 0 Å². The zero-order chi connectivity index (χ0) is 32.1. The molecule has 0 radical (unpaired) electrons. The van der Waals surface area contributed by atoms with E-state index in [9.17, 15) is 0 Å². The molecule has 232 valence electrons. The van der Waals surface area contributed by atoms with Crippen molar-refractivity contribution in [3.63, 3.8) is 0 Å². The molecule has 0 N–H and O–H groups in total. The molecule has 0 spiro atoms. The van der Waals surface area contributed by atoms with Crippen LogP contribution in [0.2, 0.25) is 0 Å². The van der Waals surface area contributed by atoms with Crippen LogP contribution in [-0.2, 0) is 13.2 Å². The Labute approximate surface area is 272 Å². The summed E-state index contributed by atoms with van der Waals surface area (Å²) in [6, 6.07) is 48.2. The first-order valence-electron chi connectivity index (χ1n) is 15.4. The molecule has 0 aliphatic carbocycles. The van der Waals surface area contributed by atoms with E-state index in [0.717, 1.165) is 45.6 Å². The molecule has 0 saturated carbocycles. The predicted octanol–water partition coefficient (Wildman–Crippen LogP) is 11.3. The molecular weight excluding hydrogens is 568 g/mol. The van der Waals surface area contributed by atoms with Gasteiger partial charge < -0.3 is 18.9 Å². The van der Waals surface area contributed by atoms with E-state index in [2.05, 4.69) is 64.1 Å². The monoisotopic (exact) mass is 608 g/mol. The standard InChI is InChI=1S/C22H22O2.C20H18O2/c1-17-5-3-7-21(13-17)23-15-19-9-11-20(12-10-19)16-24-22-8-4-6-18(2)14-22;1-15-3-7-17(8-4-15)21-19-11-13-20(14-12-19)22-18-9-5-16(2)6-10-18/h3-14H,15-16H2,1-2H3;3-14H,1-2H3. The van der Waals surface area contributed by atoms with Gasteiger partial charge >= 0.3 is 0 Å². The molecule has 4 heteroatoms. The number of hydrogen-bond acceptors (Lipinski definition) is 4. The summed E-state index contributed by atoms with van der Waals surface area (Å²) in [5.41, 5.74) is 7.14. The second-order valence-corrected chi connectivity index (χ2v) is 11.3. The molecule has 46 heavy (non-hydrogen) atoms. The van der Waals surface area contributed by atoms with E-state index in [1.54, 1.807) is 0 Å². The van der Waals surface area contributed by atoms with Crippen molar-refractivity contribution in [2.24, 2.45) is 0 Å². The molecule has 0 atom stereocenters. The maximum atomic E-state index is 5.82. The van der Waals surface area contributed by atoms with Crippen LogP contribution in [0.1, 0.15) is 33.4 Å². The Kier molecular flexibility index (Phi) is 11.1. The number of aryl methyl sites for hydroxylation is 4. The number of hydrogen-bond donors (Lipinski definition) is 0. The van der Waals surface area contributed by atoms with Gasteiger partial charge in [-0.3, -0.25) is 0 Å². The van der Waals surface area contributed by atoms with Crippen molar-refractivity contribution >= 4 is 0 Å². The molecule has 0 bridgehead atoms. The van der Waals surface area contributed by atoms with Crippen LogP contribution < -0.4 is 18.9 Å². The summed E-state index contributed by atoms with van der Waals surface area (Å²) in [7, 11) is 0. The summed E-state index contributed by atoms with van der Waals surface area (Å²) in [5, 5.41) is 0. The van der Waals surface area contributed by atoms with Crippen LogP contribution in [0, 0.1) is 27.7 Å². The molecule has 0 amide bonds. The van der Waals surface area contributed by atoms with Crippen LogP contribution in [0.5, 0.6) is 34.5 Å². The molecule has 0 unspecified atom stereocenters. The number of rotatable bonds is 10. The van der Waals surface area contributed by atoms with Crippen LogP contribution in [0.25, 0.3) is 0 Å². The van der Waals surface area contributed by atoms with Crippen molar-refractivity contribution in [3.05, 3.63) is 179 Å². The van der Waals surface area contributed by atoms with E-state index in [1.807, 2.05) is 109 Å². The molecule has 4 nitrogen and oxygen atoms in total. The van der Waals surface area contributed by atoms with Gasteiger partial charge in [-0.05, 0) is 123 Å². The predicted molar refractivity (Wildman–Crippen MR) is 186 cm³/mol. The molecule has 0 fully saturated rings. The molecule has 0 saturated heterocycles. The topological polar surface area (TPSA) is 36.9 Å². The van der Waals surface area contributed by atoms with Gasteiger partial charge in [-0.1, -0.05) is 83.9 Å². The van der Waals surface area contributed by atoms with E-state index in [-0.39, 0.29) is 0 Å². The third-order valence-corrected chi connectivity index (χ3v) is 7.15. The second-order valence-electron chi connectivity index (χ2n) is 11.3. The highest BCUT2D eigenvalue weighted by Gasteiger charge is 2.02. The average molecular weight is 609 g/mol. The molecule has 0 aliphatic heterocycles. The Morgan fingerprint density at radius 2 is 0.652 bits per heavy atom. The highest BCUT2D eigenvalue weighted by atomic mass is 16.5. The van der Waals surface area contributed by atoms with E-state index in [4.69, 9.17) is 18.9 Å². The Morgan fingerprint density at radius 1 is 0.326 bits per heavy atom. The minimum Gasteiger partial charge on any atom is -0.489 e. The molecule has 6 aromatic rings. The van der Waals surface area contributed by atoms with Crippen molar-refractivity contribution in [2.75, 3.05) is 0 Å². The van der Waals surface area contributed by atoms with Gasteiger partial charge in [-0.2, -0.15) is 0 Å². The summed E-state index contributed by atoms with van der Waals surface area (Å²) in [6.07, 6.45) is 0. The highest BCUT2D eigenvalue weighted by Crippen LogP contribution is 2.27. The smallest absolute Gasteiger partial charge is 0.127 e. The Bertz CT molecular complexity index is 1660. The van der Waals surface area contributed by atoms with E-state index in [1.165, 1.54) is 22.3 Å². The Hall–Kier alpha value is -5.48. The van der Waals surface area contributed by atoms with Gasteiger partial charge in [0.25, 0.3) is 0 Å². The van der Waals surface area contributed by atoms with E-state index in [0.29, 0.717) is 13.2 Å².